The van der Waals surface area contributed by atoms with Gasteiger partial charge in [0.25, 0.3) is 0 Å². The molecular weight excluding hydrogens is 219 g/mol. The molecular formula is C14H13FO2. The van der Waals surface area contributed by atoms with Gasteiger partial charge in [-0.2, -0.15) is 0 Å². The van der Waals surface area contributed by atoms with E-state index in [0.29, 0.717) is 5.75 Å². The Morgan fingerprint density at radius 2 is 1.71 bits per heavy atom. The van der Waals surface area contributed by atoms with Gasteiger partial charge in [-0.3, -0.25) is 0 Å². The third kappa shape index (κ3) is 2.82. The average Bonchev–Trinajstić information content (AvgIpc) is 2.33. The molecule has 0 aliphatic carbocycles. The van der Waals surface area contributed by atoms with E-state index in [1.54, 1.807) is 49.4 Å². The van der Waals surface area contributed by atoms with Crippen LogP contribution in [0.25, 0.3) is 0 Å². The first-order valence-corrected chi connectivity index (χ1v) is 5.37. The van der Waals surface area contributed by atoms with Crippen molar-refractivity contribution < 1.29 is 14.2 Å². The molecule has 2 rings (SSSR count). The Bertz CT molecular complexity index is 492. The molecule has 0 heterocycles. The molecule has 0 aromatic heterocycles. The van der Waals surface area contributed by atoms with E-state index in [-0.39, 0.29) is 5.75 Å². The van der Waals surface area contributed by atoms with Gasteiger partial charge in [-0.25, -0.2) is 4.39 Å². The van der Waals surface area contributed by atoms with Crippen molar-refractivity contribution in [1.29, 1.82) is 0 Å². The average molecular weight is 232 g/mol. The van der Waals surface area contributed by atoms with Gasteiger partial charge in [0, 0.05) is 0 Å². The number of ether oxygens (including phenoxy) is 1. The molecule has 2 aromatic carbocycles. The van der Waals surface area contributed by atoms with Gasteiger partial charge in [-0.15, -0.1) is 0 Å². The number of benzene rings is 2. The zero-order chi connectivity index (χ0) is 12.3. The molecule has 0 amide bonds. The monoisotopic (exact) mass is 232 g/mol. The van der Waals surface area contributed by atoms with E-state index in [9.17, 15) is 9.50 Å². The zero-order valence-electron chi connectivity index (χ0n) is 9.43. The summed E-state index contributed by atoms with van der Waals surface area (Å²) in [7, 11) is 0. The highest BCUT2D eigenvalue weighted by Gasteiger charge is 2.04. The van der Waals surface area contributed by atoms with Gasteiger partial charge in [-0.1, -0.05) is 24.3 Å². The zero-order valence-corrected chi connectivity index (χ0v) is 9.43. The van der Waals surface area contributed by atoms with Gasteiger partial charge < -0.3 is 9.84 Å². The van der Waals surface area contributed by atoms with Crippen LogP contribution in [0.5, 0.6) is 11.5 Å². The summed E-state index contributed by atoms with van der Waals surface area (Å²) in [5.41, 5.74) is 0.797. The first-order chi connectivity index (χ1) is 8.16. The molecule has 0 unspecified atom stereocenters. The molecule has 0 saturated carbocycles. The van der Waals surface area contributed by atoms with Crippen LogP contribution in [-0.2, 0) is 0 Å². The molecule has 0 spiro atoms. The Morgan fingerprint density at radius 3 is 2.29 bits per heavy atom. The third-order valence-corrected chi connectivity index (χ3v) is 2.43. The predicted molar refractivity (Wildman–Crippen MR) is 63.5 cm³/mol. The molecule has 0 aliphatic heterocycles. The van der Waals surface area contributed by atoms with Crippen LogP contribution < -0.4 is 4.74 Å². The van der Waals surface area contributed by atoms with E-state index in [0.717, 1.165) is 5.56 Å². The number of aliphatic hydroxyl groups excluding tert-OH is 1. The van der Waals surface area contributed by atoms with Gasteiger partial charge in [0.1, 0.15) is 5.75 Å². The molecule has 1 atom stereocenters. The van der Waals surface area contributed by atoms with E-state index in [1.807, 2.05) is 0 Å². The van der Waals surface area contributed by atoms with Gasteiger partial charge in [-0.05, 0) is 36.8 Å². The smallest absolute Gasteiger partial charge is 0.165 e. The molecule has 0 fully saturated rings. The number of hydrogen-bond acceptors (Lipinski definition) is 2. The molecule has 0 aliphatic rings. The van der Waals surface area contributed by atoms with Crippen LogP contribution in [0, 0.1) is 5.82 Å². The summed E-state index contributed by atoms with van der Waals surface area (Å²) in [6.45, 7) is 1.69. The van der Waals surface area contributed by atoms with Gasteiger partial charge in [0.05, 0.1) is 6.10 Å². The Kier molecular flexibility index (Phi) is 3.40. The summed E-state index contributed by atoms with van der Waals surface area (Å²) in [5, 5.41) is 9.35. The van der Waals surface area contributed by atoms with E-state index in [2.05, 4.69) is 0 Å². The number of halogens is 1. The molecule has 3 heteroatoms. The maximum atomic E-state index is 13.3. The summed E-state index contributed by atoms with van der Waals surface area (Å²) in [5.74, 6) is 0.337. The molecule has 2 nitrogen and oxygen atoms in total. The number of aliphatic hydroxyl groups is 1. The lowest BCUT2D eigenvalue weighted by Crippen LogP contribution is -1.91. The highest BCUT2D eigenvalue weighted by molar-refractivity contribution is 5.34. The first kappa shape index (κ1) is 11.6. The molecule has 17 heavy (non-hydrogen) atoms. The summed E-state index contributed by atoms with van der Waals surface area (Å²) in [6.07, 6.45) is -0.516. The van der Waals surface area contributed by atoms with E-state index >= 15 is 0 Å². The SMILES string of the molecule is C[C@H](O)c1ccc(Oc2ccccc2F)cc1. The largest absolute Gasteiger partial charge is 0.454 e. The van der Waals surface area contributed by atoms with Gasteiger partial charge in [0.2, 0.25) is 0 Å². The normalized spacial score (nSPS) is 12.2. The molecule has 0 radical (unpaired) electrons. The van der Waals surface area contributed by atoms with Gasteiger partial charge in [0.15, 0.2) is 11.6 Å². The molecule has 88 valence electrons. The lowest BCUT2D eigenvalue weighted by Gasteiger charge is -2.08. The lowest BCUT2D eigenvalue weighted by molar-refractivity contribution is 0.199. The van der Waals surface area contributed by atoms with Crippen LogP contribution in [0.4, 0.5) is 4.39 Å². The van der Waals surface area contributed by atoms with Crippen LogP contribution >= 0.6 is 0 Å². The number of para-hydroxylation sites is 1. The van der Waals surface area contributed by atoms with Crippen LogP contribution in [0.15, 0.2) is 48.5 Å². The van der Waals surface area contributed by atoms with Crippen molar-refractivity contribution >= 4 is 0 Å². The van der Waals surface area contributed by atoms with Crippen LogP contribution in [0.1, 0.15) is 18.6 Å². The van der Waals surface area contributed by atoms with Gasteiger partial charge >= 0.3 is 0 Å². The van der Waals surface area contributed by atoms with Crippen molar-refractivity contribution in [2.24, 2.45) is 0 Å². The second-order valence-corrected chi connectivity index (χ2v) is 3.78. The summed E-state index contributed by atoms with van der Waals surface area (Å²) in [6, 6.07) is 13.1. The second kappa shape index (κ2) is 4.97. The topological polar surface area (TPSA) is 29.5 Å². The quantitative estimate of drug-likeness (QED) is 0.874. The van der Waals surface area contributed by atoms with E-state index in [1.165, 1.54) is 6.07 Å². The highest BCUT2D eigenvalue weighted by atomic mass is 19.1. The molecule has 2 aromatic rings. The Labute approximate surface area is 99.3 Å². The van der Waals surface area contributed by atoms with Crippen molar-refractivity contribution in [3.05, 3.63) is 59.9 Å². The number of hydrogen-bond donors (Lipinski definition) is 1. The minimum Gasteiger partial charge on any atom is -0.454 e. The third-order valence-electron chi connectivity index (χ3n) is 2.43. The standard InChI is InChI=1S/C14H13FO2/c1-10(16)11-6-8-12(9-7-11)17-14-5-3-2-4-13(14)15/h2-10,16H,1H3/t10-/m0/s1. The lowest BCUT2D eigenvalue weighted by atomic mass is 10.1. The minimum absolute atomic E-state index is 0.192. The Balaban J connectivity index is 2.17. The van der Waals surface area contributed by atoms with Crippen LogP contribution in [0.2, 0.25) is 0 Å². The predicted octanol–water partition coefficient (Wildman–Crippen LogP) is 3.67. The van der Waals surface area contributed by atoms with E-state index < -0.39 is 11.9 Å². The van der Waals surface area contributed by atoms with Crippen molar-refractivity contribution in [1.82, 2.24) is 0 Å². The van der Waals surface area contributed by atoms with Crippen LogP contribution in [-0.4, -0.2) is 5.11 Å². The summed E-state index contributed by atoms with van der Waals surface area (Å²) < 4.78 is 18.7. The fourth-order valence-corrected chi connectivity index (χ4v) is 1.47. The van der Waals surface area contributed by atoms with Crippen molar-refractivity contribution in [2.75, 3.05) is 0 Å². The minimum atomic E-state index is -0.516. The maximum absolute atomic E-state index is 13.3. The maximum Gasteiger partial charge on any atom is 0.165 e. The number of rotatable bonds is 3. The van der Waals surface area contributed by atoms with Crippen molar-refractivity contribution in [2.45, 2.75) is 13.0 Å². The molecule has 1 N–H and O–H groups in total. The fourth-order valence-electron chi connectivity index (χ4n) is 1.47. The first-order valence-electron chi connectivity index (χ1n) is 5.37. The van der Waals surface area contributed by atoms with E-state index in [4.69, 9.17) is 4.74 Å². The van der Waals surface area contributed by atoms with Crippen molar-refractivity contribution in [3.63, 3.8) is 0 Å². The summed E-state index contributed by atoms with van der Waals surface area (Å²) in [4.78, 5) is 0. The van der Waals surface area contributed by atoms with Crippen molar-refractivity contribution in [3.8, 4) is 11.5 Å². The molecule has 0 saturated heterocycles. The Hall–Kier alpha value is -1.87. The molecule has 0 bridgehead atoms. The Morgan fingerprint density at radius 1 is 1.06 bits per heavy atom. The fraction of sp³-hybridized carbons (Fsp3) is 0.143. The second-order valence-electron chi connectivity index (χ2n) is 3.78. The summed E-state index contributed by atoms with van der Waals surface area (Å²) >= 11 is 0. The van der Waals surface area contributed by atoms with Crippen LogP contribution in [0.3, 0.4) is 0 Å². The highest BCUT2D eigenvalue weighted by Crippen LogP contribution is 2.25.